The Morgan fingerprint density at radius 1 is 1.19 bits per heavy atom. The number of carbonyl (C=O) groups excluding carboxylic acids is 2. The van der Waals surface area contributed by atoms with Gasteiger partial charge >= 0.3 is 0 Å². The second kappa shape index (κ2) is 9.26. The molecular formula is C23H28N2O6. The van der Waals surface area contributed by atoms with Gasteiger partial charge in [0.05, 0.1) is 25.8 Å². The smallest absolute Gasteiger partial charge is 0.290 e. The molecule has 1 N–H and O–H groups in total. The molecule has 0 spiro atoms. The molecule has 1 aromatic carbocycles. The van der Waals surface area contributed by atoms with Gasteiger partial charge < -0.3 is 28.8 Å². The number of aliphatic hydroxyl groups excluding tert-OH is 1. The van der Waals surface area contributed by atoms with Crippen molar-refractivity contribution in [3.05, 3.63) is 58.7 Å². The lowest BCUT2D eigenvalue weighted by Crippen LogP contribution is -2.33. The van der Waals surface area contributed by atoms with Crippen LogP contribution in [0.25, 0.3) is 0 Å². The first-order chi connectivity index (χ1) is 14.8. The van der Waals surface area contributed by atoms with Crippen LogP contribution >= 0.6 is 0 Å². The number of carbonyl (C=O) groups is 2. The van der Waals surface area contributed by atoms with Gasteiger partial charge in [-0.2, -0.15) is 0 Å². The summed E-state index contributed by atoms with van der Waals surface area (Å²) in [5.74, 6) is -0.216. The van der Waals surface area contributed by atoms with Crippen LogP contribution in [-0.4, -0.2) is 68.0 Å². The molecule has 1 atom stereocenters. The fraction of sp³-hybridized carbons (Fsp3) is 0.391. The minimum absolute atomic E-state index is 0.0317. The van der Waals surface area contributed by atoms with Gasteiger partial charge in [-0.3, -0.25) is 9.59 Å². The first kappa shape index (κ1) is 22.4. The molecule has 1 aliphatic rings. The van der Waals surface area contributed by atoms with Crippen LogP contribution in [0.2, 0.25) is 0 Å². The number of Topliss-reactive ketones (excluding diaryl/α,β-unsaturated/α-hetero) is 1. The zero-order valence-electron chi connectivity index (χ0n) is 18.5. The van der Waals surface area contributed by atoms with Gasteiger partial charge in [0.1, 0.15) is 5.76 Å². The van der Waals surface area contributed by atoms with E-state index in [1.807, 2.05) is 19.0 Å². The van der Waals surface area contributed by atoms with E-state index in [1.54, 1.807) is 31.2 Å². The Kier molecular flexibility index (Phi) is 6.70. The van der Waals surface area contributed by atoms with E-state index in [4.69, 9.17) is 13.9 Å². The highest BCUT2D eigenvalue weighted by molar-refractivity contribution is 6.15. The Bertz CT molecular complexity index is 1010. The number of methoxy groups -OCH3 is 2. The first-order valence-electron chi connectivity index (χ1n) is 10.0. The van der Waals surface area contributed by atoms with Crippen LogP contribution in [0.4, 0.5) is 0 Å². The zero-order chi connectivity index (χ0) is 22.7. The molecule has 166 valence electrons. The van der Waals surface area contributed by atoms with Crippen LogP contribution in [0, 0.1) is 6.92 Å². The van der Waals surface area contributed by atoms with Crippen LogP contribution in [0.3, 0.4) is 0 Å². The summed E-state index contributed by atoms with van der Waals surface area (Å²) in [4.78, 5) is 29.8. The predicted molar refractivity (Wildman–Crippen MR) is 115 cm³/mol. The lowest BCUT2D eigenvalue weighted by Gasteiger charge is -2.28. The van der Waals surface area contributed by atoms with Crippen molar-refractivity contribution in [2.24, 2.45) is 0 Å². The third kappa shape index (κ3) is 4.29. The average Bonchev–Trinajstić information content (AvgIpc) is 3.29. The van der Waals surface area contributed by atoms with E-state index in [0.717, 1.165) is 6.54 Å². The maximum atomic E-state index is 13.3. The Balaban J connectivity index is 2.11. The Morgan fingerprint density at radius 2 is 1.94 bits per heavy atom. The molecule has 2 aromatic rings. The van der Waals surface area contributed by atoms with Crippen molar-refractivity contribution < 1.29 is 28.6 Å². The molecule has 2 heterocycles. The van der Waals surface area contributed by atoms with Crippen molar-refractivity contribution in [2.45, 2.75) is 19.4 Å². The van der Waals surface area contributed by atoms with E-state index in [0.29, 0.717) is 35.8 Å². The summed E-state index contributed by atoms with van der Waals surface area (Å²) in [6, 6.07) is 7.62. The van der Waals surface area contributed by atoms with Gasteiger partial charge in [-0.1, -0.05) is 12.1 Å². The molecule has 8 nitrogen and oxygen atoms in total. The second-order valence-electron chi connectivity index (χ2n) is 7.64. The number of furan rings is 1. The topological polar surface area (TPSA) is 92.5 Å². The van der Waals surface area contributed by atoms with Crippen molar-refractivity contribution in [1.82, 2.24) is 9.80 Å². The molecule has 0 saturated heterocycles. The van der Waals surface area contributed by atoms with Gasteiger partial charge in [0, 0.05) is 12.1 Å². The summed E-state index contributed by atoms with van der Waals surface area (Å²) in [6.45, 7) is 2.81. The van der Waals surface area contributed by atoms with E-state index < -0.39 is 23.5 Å². The van der Waals surface area contributed by atoms with Gasteiger partial charge in [-0.15, -0.1) is 0 Å². The van der Waals surface area contributed by atoms with E-state index in [2.05, 4.69) is 0 Å². The SMILES string of the molecule is COc1cccc(C2C(C(=O)c3ccc(C)o3)=C(O)C(=O)N2CCCN(C)C)c1OC. The summed E-state index contributed by atoms with van der Waals surface area (Å²) < 4.78 is 16.5. The highest BCUT2D eigenvalue weighted by atomic mass is 16.5. The lowest BCUT2D eigenvalue weighted by atomic mass is 9.94. The number of rotatable bonds is 9. The van der Waals surface area contributed by atoms with Crippen molar-refractivity contribution in [3.8, 4) is 11.5 Å². The molecular weight excluding hydrogens is 400 g/mol. The van der Waals surface area contributed by atoms with Crippen LogP contribution in [-0.2, 0) is 4.79 Å². The molecule has 1 unspecified atom stereocenters. The highest BCUT2D eigenvalue weighted by Gasteiger charge is 2.45. The first-order valence-corrected chi connectivity index (χ1v) is 10.0. The molecule has 3 rings (SSSR count). The zero-order valence-corrected chi connectivity index (χ0v) is 18.5. The number of nitrogens with zero attached hydrogens (tertiary/aromatic N) is 2. The molecule has 8 heteroatoms. The number of aliphatic hydroxyl groups is 1. The number of ketones is 1. The summed E-state index contributed by atoms with van der Waals surface area (Å²) >= 11 is 0. The number of benzene rings is 1. The number of hydrogen-bond donors (Lipinski definition) is 1. The van der Waals surface area contributed by atoms with Crippen molar-refractivity contribution >= 4 is 11.7 Å². The fourth-order valence-corrected chi connectivity index (χ4v) is 3.81. The molecule has 1 amide bonds. The Hall–Kier alpha value is -3.26. The minimum Gasteiger partial charge on any atom is -0.503 e. The predicted octanol–water partition coefficient (Wildman–Crippen LogP) is 3.14. The van der Waals surface area contributed by atoms with E-state index >= 15 is 0 Å². The molecule has 1 aromatic heterocycles. The normalized spacial score (nSPS) is 16.4. The van der Waals surface area contributed by atoms with E-state index in [1.165, 1.54) is 25.2 Å². The summed E-state index contributed by atoms with van der Waals surface area (Å²) in [6.07, 6.45) is 0.663. The van der Waals surface area contributed by atoms with Crippen molar-refractivity contribution in [3.63, 3.8) is 0 Å². The Morgan fingerprint density at radius 3 is 2.52 bits per heavy atom. The number of hydrogen-bond acceptors (Lipinski definition) is 7. The quantitative estimate of drug-likeness (QED) is 0.614. The standard InChI is InChI=1S/C23H28N2O6/c1-14-10-11-16(31-14)20(26)18-19(15-8-6-9-17(29-4)22(15)30-5)25(23(28)21(18)27)13-7-12-24(2)3/h6,8-11,19,27H,7,12-13H2,1-5H3. The second-order valence-corrected chi connectivity index (χ2v) is 7.64. The highest BCUT2D eigenvalue weighted by Crippen LogP contribution is 2.45. The number of ether oxygens (including phenoxy) is 2. The summed E-state index contributed by atoms with van der Waals surface area (Å²) in [7, 11) is 6.90. The molecule has 1 aliphatic heterocycles. The van der Waals surface area contributed by atoms with Crippen LogP contribution in [0.1, 0.15) is 34.3 Å². The average molecular weight is 428 g/mol. The van der Waals surface area contributed by atoms with Gasteiger partial charge in [0.15, 0.2) is 23.0 Å². The number of para-hydroxylation sites is 1. The number of aryl methyl sites for hydroxylation is 1. The molecule has 31 heavy (non-hydrogen) atoms. The van der Waals surface area contributed by atoms with E-state index in [-0.39, 0.29) is 11.3 Å². The summed E-state index contributed by atoms with van der Waals surface area (Å²) in [5, 5.41) is 10.7. The molecule has 0 aliphatic carbocycles. The van der Waals surface area contributed by atoms with Crippen molar-refractivity contribution in [1.29, 1.82) is 0 Å². The fourth-order valence-electron chi connectivity index (χ4n) is 3.81. The van der Waals surface area contributed by atoms with Crippen LogP contribution < -0.4 is 9.47 Å². The van der Waals surface area contributed by atoms with Crippen LogP contribution in [0.5, 0.6) is 11.5 Å². The van der Waals surface area contributed by atoms with Crippen molar-refractivity contribution in [2.75, 3.05) is 41.4 Å². The number of amides is 1. The largest absolute Gasteiger partial charge is 0.503 e. The lowest BCUT2D eigenvalue weighted by molar-refractivity contribution is -0.129. The third-order valence-electron chi connectivity index (χ3n) is 5.24. The summed E-state index contributed by atoms with van der Waals surface area (Å²) in [5.41, 5.74) is 0.520. The molecule has 0 fully saturated rings. The van der Waals surface area contributed by atoms with Gasteiger partial charge in [-0.05, 0) is 52.2 Å². The molecule has 0 saturated carbocycles. The van der Waals surface area contributed by atoms with Gasteiger partial charge in [0.25, 0.3) is 5.91 Å². The Labute approximate surface area is 181 Å². The maximum absolute atomic E-state index is 13.3. The van der Waals surface area contributed by atoms with E-state index in [9.17, 15) is 14.7 Å². The monoisotopic (exact) mass is 428 g/mol. The van der Waals surface area contributed by atoms with Gasteiger partial charge in [-0.25, -0.2) is 0 Å². The maximum Gasteiger partial charge on any atom is 0.290 e. The third-order valence-corrected chi connectivity index (χ3v) is 5.24. The van der Waals surface area contributed by atoms with Gasteiger partial charge in [0.2, 0.25) is 5.78 Å². The molecule has 0 bridgehead atoms. The molecule has 0 radical (unpaired) electrons. The van der Waals surface area contributed by atoms with Crippen LogP contribution in [0.15, 0.2) is 46.1 Å². The minimum atomic E-state index is -0.836.